The van der Waals surface area contributed by atoms with Gasteiger partial charge in [0.2, 0.25) is 5.91 Å². The monoisotopic (exact) mass is 342 g/mol. The Labute approximate surface area is 147 Å². The van der Waals surface area contributed by atoms with Crippen molar-refractivity contribution in [3.8, 4) is 0 Å². The van der Waals surface area contributed by atoms with Gasteiger partial charge in [0.15, 0.2) is 0 Å². The van der Waals surface area contributed by atoms with E-state index in [1.165, 1.54) is 6.92 Å². The lowest BCUT2D eigenvalue weighted by Gasteiger charge is -2.38. The van der Waals surface area contributed by atoms with Crippen LogP contribution in [-0.2, 0) is 23.2 Å². The van der Waals surface area contributed by atoms with Crippen molar-refractivity contribution >= 4 is 5.91 Å². The normalized spacial score (nSPS) is 19.2. The Balaban J connectivity index is 1.85. The lowest BCUT2D eigenvalue weighted by molar-refractivity contribution is -0.133. The first kappa shape index (κ1) is 17.5. The number of pyridine rings is 1. The van der Waals surface area contributed by atoms with Gasteiger partial charge in [0.05, 0.1) is 12.5 Å². The Morgan fingerprint density at radius 3 is 2.76 bits per heavy atom. The fourth-order valence-electron chi connectivity index (χ4n) is 3.56. The van der Waals surface area contributed by atoms with Crippen LogP contribution in [-0.4, -0.2) is 34.1 Å². The van der Waals surface area contributed by atoms with E-state index in [0.29, 0.717) is 24.9 Å². The quantitative estimate of drug-likeness (QED) is 0.929. The summed E-state index contributed by atoms with van der Waals surface area (Å²) in [5.74, 6) is 0.0620. The molecule has 0 saturated carbocycles. The predicted octanol–water partition coefficient (Wildman–Crippen LogP) is 2.95. The van der Waals surface area contributed by atoms with Gasteiger partial charge in [0.1, 0.15) is 12.3 Å². The maximum absolute atomic E-state index is 13.3. The molecule has 1 aliphatic heterocycles. The standard InChI is InChI=1S/C20H23FN2O2/c1-14-16-4-3-5-18(20(2,25)13-21)17(16)8-11-23(14)19(24)12-15-6-9-22-10-7-15/h3-7,9-10,14,25H,8,11-13H2,1-2H3/t14-,20-/m0/s1. The Hall–Kier alpha value is -2.27. The maximum atomic E-state index is 13.3. The number of rotatable bonds is 4. The topological polar surface area (TPSA) is 53.4 Å². The van der Waals surface area contributed by atoms with Crippen molar-refractivity contribution in [2.45, 2.75) is 38.3 Å². The van der Waals surface area contributed by atoms with Crippen LogP contribution >= 0.6 is 0 Å². The smallest absolute Gasteiger partial charge is 0.227 e. The summed E-state index contributed by atoms with van der Waals surface area (Å²) in [5.41, 5.74) is 2.02. The summed E-state index contributed by atoms with van der Waals surface area (Å²) >= 11 is 0. The molecule has 0 radical (unpaired) electrons. The molecule has 1 N–H and O–H groups in total. The molecule has 1 aliphatic rings. The Morgan fingerprint density at radius 2 is 2.08 bits per heavy atom. The van der Waals surface area contributed by atoms with Crippen molar-refractivity contribution in [2.75, 3.05) is 13.2 Å². The van der Waals surface area contributed by atoms with E-state index in [9.17, 15) is 14.3 Å². The van der Waals surface area contributed by atoms with E-state index >= 15 is 0 Å². The molecule has 0 spiro atoms. The molecule has 0 saturated heterocycles. The lowest BCUT2D eigenvalue weighted by atomic mass is 9.83. The number of aliphatic hydroxyl groups is 1. The fraction of sp³-hybridized carbons (Fsp3) is 0.400. The molecular formula is C20H23FN2O2. The Bertz CT molecular complexity index is 762. The van der Waals surface area contributed by atoms with Crippen LogP contribution in [0.1, 0.15) is 42.1 Å². The van der Waals surface area contributed by atoms with E-state index in [4.69, 9.17) is 0 Å². The number of aromatic nitrogens is 1. The van der Waals surface area contributed by atoms with Gasteiger partial charge >= 0.3 is 0 Å². The summed E-state index contributed by atoms with van der Waals surface area (Å²) in [6.07, 6.45) is 4.32. The van der Waals surface area contributed by atoms with Gasteiger partial charge in [-0.15, -0.1) is 0 Å². The highest BCUT2D eigenvalue weighted by molar-refractivity contribution is 5.79. The van der Waals surface area contributed by atoms with Crippen molar-refractivity contribution in [1.29, 1.82) is 0 Å². The average Bonchev–Trinajstić information content (AvgIpc) is 2.62. The van der Waals surface area contributed by atoms with Crippen LogP contribution in [0.25, 0.3) is 0 Å². The van der Waals surface area contributed by atoms with Crippen molar-refractivity contribution in [1.82, 2.24) is 9.88 Å². The molecule has 0 unspecified atom stereocenters. The minimum Gasteiger partial charge on any atom is -0.383 e. The summed E-state index contributed by atoms with van der Waals surface area (Å²) in [4.78, 5) is 18.6. The molecule has 0 fully saturated rings. The van der Waals surface area contributed by atoms with E-state index in [0.717, 1.165) is 16.7 Å². The minimum absolute atomic E-state index is 0.0620. The summed E-state index contributed by atoms with van der Waals surface area (Å²) in [6, 6.07) is 9.15. The number of hydrogen-bond donors (Lipinski definition) is 1. The Kier molecular flexibility index (Phi) is 4.86. The molecule has 1 aromatic heterocycles. The molecule has 1 aromatic carbocycles. The first-order chi connectivity index (χ1) is 11.9. The highest BCUT2D eigenvalue weighted by Crippen LogP contribution is 2.36. The molecule has 2 aromatic rings. The third-order valence-corrected chi connectivity index (χ3v) is 5.00. The van der Waals surface area contributed by atoms with E-state index < -0.39 is 12.3 Å². The number of hydrogen-bond acceptors (Lipinski definition) is 3. The zero-order valence-electron chi connectivity index (χ0n) is 14.6. The van der Waals surface area contributed by atoms with E-state index in [2.05, 4.69) is 4.98 Å². The molecule has 2 atom stereocenters. The molecular weight excluding hydrogens is 319 g/mol. The molecule has 132 valence electrons. The molecule has 2 heterocycles. The number of alkyl halides is 1. The van der Waals surface area contributed by atoms with Crippen LogP contribution < -0.4 is 0 Å². The van der Waals surface area contributed by atoms with Gasteiger partial charge < -0.3 is 10.0 Å². The van der Waals surface area contributed by atoms with Gasteiger partial charge in [-0.05, 0) is 54.7 Å². The summed E-state index contributed by atoms with van der Waals surface area (Å²) < 4.78 is 13.3. The number of benzene rings is 1. The summed E-state index contributed by atoms with van der Waals surface area (Å²) in [6.45, 7) is 3.21. The number of halogens is 1. The Morgan fingerprint density at radius 1 is 1.36 bits per heavy atom. The van der Waals surface area contributed by atoms with Gasteiger partial charge in [-0.2, -0.15) is 0 Å². The highest BCUT2D eigenvalue weighted by atomic mass is 19.1. The molecule has 3 rings (SSSR count). The molecule has 1 amide bonds. The second kappa shape index (κ2) is 6.92. The fourth-order valence-corrected chi connectivity index (χ4v) is 3.56. The predicted molar refractivity (Wildman–Crippen MR) is 93.8 cm³/mol. The molecule has 0 aliphatic carbocycles. The van der Waals surface area contributed by atoms with Gasteiger partial charge in [-0.1, -0.05) is 18.2 Å². The lowest BCUT2D eigenvalue weighted by Crippen LogP contribution is -2.41. The van der Waals surface area contributed by atoms with Crippen molar-refractivity contribution in [3.05, 3.63) is 65.0 Å². The SMILES string of the molecule is C[C@H]1c2cccc([C@@](C)(O)CF)c2CCN1C(=O)Cc1ccncc1. The highest BCUT2D eigenvalue weighted by Gasteiger charge is 2.33. The zero-order valence-corrected chi connectivity index (χ0v) is 14.6. The number of carbonyl (C=O) groups is 1. The maximum Gasteiger partial charge on any atom is 0.227 e. The zero-order chi connectivity index (χ0) is 18.0. The van der Waals surface area contributed by atoms with E-state index in [-0.39, 0.29) is 11.9 Å². The van der Waals surface area contributed by atoms with Gasteiger partial charge in [-0.3, -0.25) is 9.78 Å². The summed E-state index contributed by atoms with van der Waals surface area (Å²) in [5, 5.41) is 10.3. The third kappa shape index (κ3) is 3.42. The minimum atomic E-state index is -1.49. The van der Waals surface area contributed by atoms with Crippen LogP contribution in [0.4, 0.5) is 4.39 Å². The first-order valence-electron chi connectivity index (χ1n) is 8.53. The van der Waals surface area contributed by atoms with Crippen molar-refractivity contribution in [3.63, 3.8) is 0 Å². The van der Waals surface area contributed by atoms with Gasteiger partial charge in [0.25, 0.3) is 0 Å². The number of carbonyl (C=O) groups excluding carboxylic acids is 1. The number of fused-ring (bicyclic) bond motifs is 1. The van der Waals surface area contributed by atoms with E-state index in [1.54, 1.807) is 18.5 Å². The molecule has 0 bridgehead atoms. The van der Waals surface area contributed by atoms with E-state index in [1.807, 2.05) is 36.1 Å². The van der Waals surface area contributed by atoms with Crippen LogP contribution in [0.5, 0.6) is 0 Å². The first-order valence-corrected chi connectivity index (χ1v) is 8.53. The number of amides is 1. The molecule has 5 heteroatoms. The van der Waals surface area contributed by atoms with Crippen LogP contribution in [0, 0.1) is 0 Å². The van der Waals surface area contributed by atoms with Crippen molar-refractivity contribution in [2.24, 2.45) is 0 Å². The molecule has 4 nitrogen and oxygen atoms in total. The third-order valence-electron chi connectivity index (χ3n) is 5.00. The van der Waals surface area contributed by atoms with Crippen LogP contribution in [0.2, 0.25) is 0 Å². The second-order valence-electron chi connectivity index (χ2n) is 6.83. The molecule has 25 heavy (non-hydrogen) atoms. The van der Waals surface area contributed by atoms with Crippen LogP contribution in [0.3, 0.4) is 0 Å². The second-order valence-corrected chi connectivity index (χ2v) is 6.83. The van der Waals surface area contributed by atoms with Gasteiger partial charge in [-0.25, -0.2) is 4.39 Å². The largest absolute Gasteiger partial charge is 0.383 e. The van der Waals surface area contributed by atoms with Gasteiger partial charge in [0, 0.05) is 18.9 Å². The van der Waals surface area contributed by atoms with Crippen molar-refractivity contribution < 1.29 is 14.3 Å². The van der Waals surface area contributed by atoms with Crippen LogP contribution in [0.15, 0.2) is 42.7 Å². The number of nitrogens with zero attached hydrogens (tertiary/aromatic N) is 2. The summed E-state index contributed by atoms with van der Waals surface area (Å²) in [7, 11) is 0. The average molecular weight is 342 g/mol.